The number of hydrogen-bond donors (Lipinski definition) is 6. The summed E-state index contributed by atoms with van der Waals surface area (Å²) in [5.74, 6) is 0.386. The number of ether oxygens (including phenoxy) is 3. The van der Waals surface area contributed by atoms with E-state index in [1.54, 1.807) is 0 Å². The molecule has 13 heteroatoms. The number of nitrogens with zero attached hydrogens (tertiary/aromatic N) is 2. The molecule has 0 aliphatic carbocycles. The van der Waals surface area contributed by atoms with Crippen molar-refractivity contribution in [2.75, 3.05) is 26.1 Å². The largest absolute Gasteiger partial charge is 0.469 e. The maximum absolute atomic E-state index is 12.3. The predicted molar refractivity (Wildman–Crippen MR) is 216 cm³/mol. The van der Waals surface area contributed by atoms with Crippen LogP contribution in [0.1, 0.15) is 115 Å². The van der Waals surface area contributed by atoms with Crippen molar-refractivity contribution in [3.63, 3.8) is 0 Å². The van der Waals surface area contributed by atoms with Gasteiger partial charge in [0.2, 0.25) is 0 Å². The lowest BCUT2D eigenvalue weighted by molar-refractivity contribution is -0.205. The van der Waals surface area contributed by atoms with E-state index in [0.717, 1.165) is 73.5 Å². The highest BCUT2D eigenvalue weighted by Gasteiger charge is 2.43. The summed E-state index contributed by atoms with van der Waals surface area (Å²) in [6.07, 6.45) is -0.718. The third kappa shape index (κ3) is 8.30. The monoisotopic (exact) mass is 776 g/mol. The van der Waals surface area contributed by atoms with Gasteiger partial charge < -0.3 is 44.6 Å². The summed E-state index contributed by atoms with van der Waals surface area (Å²) in [5, 5.41) is 40.3. The van der Waals surface area contributed by atoms with Crippen LogP contribution >= 0.6 is 11.8 Å². The molecular formula is C42H56N4O8S. The predicted octanol–water partition coefficient (Wildman–Crippen LogP) is 6.20. The first-order valence-electron chi connectivity index (χ1n) is 19.3. The van der Waals surface area contributed by atoms with Gasteiger partial charge in [0.15, 0.2) is 0 Å². The normalized spacial score (nSPS) is 24.5. The number of nitrogens with one attached hydrogen (secondary N) is 2. The highest BCUT2D eigenvalue weighted by molar-refractivity contribution is 7.99. The number of thioether (sulfide) groups is 1. The summed E-state index contributed by atoms with van der Waals surface area (Å²) in [6, 6.07) is 6.44. The summed E-state index contributed by atoms with van der Waals surface area (Å²) in [7, 11) is 1.42. The van der Waals surface area contributed by atoms with Crippen molar-refractivity contribution >= 4 is 51.4 Å². The average Bonchev–Trinajstić information content (AvgIpc) is 3.87. The molecule has 6 N–H and O–H groups in total. The van der Waals surface area contributed by atoms with Crippen LogP contribution in [0.3, 0.4) is 0 Å². The Balaban J connectivity index is 1.39. The van der Waals surface area contributed by atoms with Crippen molar-refractivity contribution in [2.45, 2.75) is 122 Å². The standard InChI is InChI=1S/C42H56N4O8S/c1-9-26-21(3)30-18-34-37(25(7)53-13-10-14-55-42-41(51)40(50)39(49)35(19-47)54-42)23(5)32(45-34)17-31-22(4)27(11-12-36(48)52-8)38(46-31)24(6)29-15-20(2)28(43-29)16-33(26)44-30/h15-18,22,25,27,35,39-42,44-45,47,49-51H,9-14,19H2,1-8H3/t22-,25?,27?,35+,39+,40-,41+,42-/m0/s1. The summed E-state index contributed by atoms with van der Waals surface area (Å²) in [4.78, 5) is 30.1. The number of aryl methyl sites for hydroxylation is 3. The zero-order chi connectivity index (χ0) is 39.7. The van der Waals surface area contributed by atoms with E-state index in [1.165, 1.54) is 30.0 Å². The van der Waals surface area contributed by atoms with E-state index in [9.17, 15) is 25.2 Å². The maximum Gasteiger partial charge on any atom is 0.305 e. The van der Waals surface area contributed by atoms with Gasteiger partial charge in [-0.1, -0.05) is 13.8 Å². The summed E-state index contributed by atoms with van der Waals surface area (Å²) in [6.45, 7) is 14.8. The number of methoxy groups -OCH3 is 1. The van der Waals surface area contributed by atoms with Crippen LogP contribution in [0.2, 0.25) is 0 Å². The van der Waals surface area contributed by atoms with Gasteiger partial charge in [-0.15, -0.1) is 11.8 Å². The van der Waals surface area contributed by atoms with E-state index < -0.39 is 36.5 Å². The van der Waals surface area contributed by atoms with E-state index in [1.807, 2.05) is 6.92 Å². The van der Waals surface area contributed by atoms with Gasteiger partial charge in [-0.3, -0.25) is 9.78 Å². The van der Waals surface area contributed by atoms with Gasteiger partial charge in [0.05, 0.1) is 31.2 Å². The average molecular weight is 777 g/mol. The highest BCUT2D eigenvalue weighted by Crippen LogP contribution is 2.42. The number of carbonyl (C=O) groups is 1. The number of aliphatic hydroxyl groups is 4. The van der Waals surface area contributed by atoms with Gasteiger partial charge in [0.25, 0.3) is 0 Å². The van der Waals surface area contributed by atoms with Crippen molar-refractivity contribution in [3.05, 3.63) is 68.8 Å². The Morgan fingerprint density at radius 2 is 1.69 bits per heavy atom. The number of fused-ring (bicyclic) bond motifs is 8. The molecule has 3 aliphatic heterocycles. The van der Waals surface area contributed by atoms with Crippen LogP contribution in [0.4, 0.5) is 0 Å². The SMILES string of the molecule is CCc1c(C)c2cc3[nH]c(cc4nc(c(C)c5nc(cc1[nH]2)C(C)=C5)C(CCC(=O)OC)[C@@H]4C)c(C)c3C(C)OCCCS[C@@H]1O[C@H](CO)[C@@H](O)[C@H](O)[C@H]1O. The molecule has 298 valence electrons. The molecule has 0 aromatic carbocycles. The molecular weight excluding hydrogens is 721 g/mol. The summed E-state index contributed by atoms with van der Waals surface area (Å²) in [5.41, 5.74) is 13.4. The maximum atomic E-state index is 12.3. The molecule has 6 heterocycles. The van der Waals surface area contributed by atoms with Crippen LogP contribution < -0.4 is 0 Å². The number of aromatic amines is 2. The third-order valence-corrected chi connectivity index (χ3v) is 12.8. The molecule has 1 saturated heterocycles. The molecule has 8 bridgehead atoms. The summed E-state index contributed by atoms with van der Waals surface area (Å²) < 4.78 is 17.1. The minimum absolute atomic E-state index is 0.00855. The van der Waals surface area contributed by atoms with Crippen molar-refractivity contribution in [1.82, 2.24) is 19.9 Å². The third-order valence-electron chi connectivity index (χ3n) is 11.6. The Hall–Kier alpha value is -3.56. The number of carbonyl (C=O) groups excluding carboxylic acids is 1. The molecule has 8 atom stereocenters. The van der Waals surface area contributed by atoms with Crippen LogP contribution in [0, 0.1) is 20.8 Å². The molecule has 3 aromatic rings. The van der Waals surface area contributed by atoms with Crippen LogP contribution in [-0.2, 0) is 25.4 Å². The number of H-pyrrole nitrogens is 2. The number of esters is 1. The Morgan fingerprint density at radius 1 is 0.964 bits per heavy atom. The number of allylic oxidation sites excluding steroid dienone is 1. The first-order chi connectivity index (χ1) is 26.3. The molecule has 12 nitrogen and oxygen atoms in total. The Labute approximate surface area is 326 Å². The van der Waals surface area contributed by atoms with Gasteiger partial charge >= 0.3 is 5.97 Å². The van der Waals surface area contributed by atoms with Crippen molar-refractivity contribution in [3.8, 4) is 0 Å². The highest BCUT2D eigenvalue weighted by atomic mass is 32.2. The fraction of sp³-hybridized carbons (Fsp3) is 0.548. The molecule has 0 saturated carbocycles. The lowest BCUT2D eigenvalue weighted by Crippen LogP contribution is -2.57. The smallest absolute Gasteiger partial charge is 0.305 e. The van der Waals surface area contributed by atoms with E-state index in [2.05, 4.69) is 75.8 Å². The molecule has 3 aliphatic rings. The van der Waals surface area contributed by atoms with E-state index in [0.29, 0.717) is 31.6 Å². The van der Waals surface area contributed by atoms with Gasteiger partial charge in [-0.25, -0.2) is 4.98 Å². The number of aliphatic hydroxyl groups excluding tert-OH is 4. The zero-order valence-electron chi connectivity index (χ0n) is 33.1. The van der Waals surface area contributed by atoms with E-state index >= 15 is 0 Å². The number of hydrogen-bond acceptors (Lipinski definition) is 11. The second-order valence-corrected chi connectivity index (χ2v) is 16.2. The molecule has 3 aromatic heterocycles. The van der Waals surface area contributed by atoms with E-state index in [-0.39, 0.29) is 23.9 Å². The second kappa shape index (κ2) is 17.3. The minimum atomic E-state index is -1.39. The van der Waals surface area contributed by atoms with Crippen LogP contribution in [-0.4, -0.2) is 102 Å². The topological polar surface area (TPSA) is 183 Å². The van der Waals surface area contributed by atoms with E-state index in [4.69, 9.17) is 24.2 Å². The van der Waals surface area contributed by atoms with Gasteiger partial charge in [-0.05, 0) is 112 Å². The quantitative estimate of drug-likeness (QED) is 0.0910. The van der Waals surface area contributed by atoms with Gasteiger partial charge in [-0.2, -0.15) is 0 Å². The minimum Gasteiger partial charge on any atom is -0.469 e. The number of rotatable bonds is 12. The van der Waals surface area contributed by atoms with Gasteiger partial charge in [0.1, 0.15) is 29.9 Å². The molecule has 0 amide bonds. The second-order valence-electron chi connectivity index (χ2n) is 15.0. The van der Waals surface area contributed by atoms with Gasteiger partial charge in [0, 0.05) is 63.9 Å². The van der Waals surface area contributed by atoms with Crippen LogP contribution in [0.15, 0.2) is 18.2 Å². The lowest BCUT2D eigenvalue weighted by atomic mass is 9.86. The fourth-order valence-electron chi connectivity index (χ4n) is 8.13. The van der Waals surface area contributed by atoms with Crippen molar-refractivity contribution in [2.24, 2.45) is 0 Å². The zero-order valence-corrected chi connectivity index (χ0v) is 33.9. The molecule has 2 unspecified atom stereocenters. The van der Waals surface area contributed by atoms with Crippen LogP contribution in [0.25, 0.3) is 33.7 Å². The van der Waals surface area contributed by atoms with Crippen LogP contribution in [0.5, 0.6) is 0 Å². The lowest BCUT2D eigenvalue weighted by Gasteiger charge is -2.39. The molecule has 0 spiro atoms. The molecule has 55 heavy (non-hydrogen) atoms. The summed E-state index contributed by atoms with van der Waals surface area (Å²) >= 11 is 1.32. The van der Waals surface area contributed by atoms with Crippen molar-refractivity contribution in [1.29, 1.82) is 0 Å². The molecule has 0 radical (unpaired) electrons. The Morgan fingerprint density at radius 3 is 2.40 bits per heavy atom. The molecule has 6 rings (SSSR count). The fourth-order valence-corrected chi connectivity index (χ4v) is 9.22. The number of aromatic nitrogens is 4. The first-order valence-corrected chi connectivity index (χ1v) is 20.3. The first kappa shape index (κ1) is 41.1. The van der Waals surface area contributed by atoms with Crippen molar-refractivity contribution < 1.29 is 39.4 Å². The molecule has 1 fully saturated rings. The Bertz CT molecular complexity index is 2090. The Kier molecular flexibility index (Phi) is 12.9.